The fraction of sp³-hybridized carbons (Fsp3) is 0.533. The molecule has 1 heterocycles. The zero-order valence-electron chi connectivity index (χ0n) is 11.9. The molecule has 0 aliphatic rings. The first-order valence-corrected chi connectivity index (χ1v) is 7.11. The van der Waals surface area contributed by atoms with Gasteiger partial charge in [0.15, 0.2) is 0 Å². The maximum Gasteiger partial charge on any atom is 0.323 e. The highest BCUT2D eigenvalue weighted by Crippen LogP contribution is 2.27. The molecule has 0 aliphatic carbocycles. The quantitative estimate of drug-likeness (QED) is 0.748. The molecule has 1 aromatic heterocycles. The van der Waals surface area contributed by atoms with Crippen LogP contribution in [0.5, 0.6) is 0 Å². The van der Waals surface area contributed by atoms with Gasteiger partial charge in [-0.2, -0.15) is 0 Å². The normalized spacial score (nSPS) is 14.7. The minimum absolute atomic E-state index is 0.145. The van der Waals surface area contributed by atoms with E-state index in [9.17, 15) is 4.79 Å². The van der Waals surface area contributed by atoms with E-state index in [1.807, 2.05) is 6.07 Å². The Morgan fingerprint density at radius 2 is 1.95 bits per heavy atom. The summed E-state index contributed by atoms with van der Waals surface area (Å²) >= 11 is 0. The summed E-state index contributed by atoms with van der Waals surface area (Å²) < 4.78 is 0. The van der Waals surface area contributed by atoms with Crippen LogP contribution in [0.4, 0.5) is 0 Å². The molecule has 0 aliphatic heterocycles. The summed E-state index contributed by atoms with van der Waals surface area (Å²) in [6.07, 6.45) is 2.38. The predicted octanol–water partition coefficient (Wildman–Crippen LogP) is 2.94. The number of fused-ring (bicyclic) bond motifs is 1. The average molecular weight is 261 g/mol. The highest BCUT2D eigenvalue weighted by Gasteiger charge is 2.18. The van der Waals surface area contributed by atoms with Crippen LogP contribution in [0.3, 0.4) is 0 Å². The molecule has 0 spiro atoms. The molecule has 0 fully saturated rings. The molecule has 1 aromatic carbocycles. The fourth-order valence-electron chi connectivity index (χ4n) is 2.73. The van der Waals surface area contributed by atoms with Crippen LogP contribution < -0.4 is 11.0 Å². The van der Waals surface area contributed by atoms with Gasteiger partial charge < -0.3 is 15.3 Å². The van der Waals surface area contributed by atoms with Crippen molar-refractivity contribution in [1.29, 1.82) is 0 Å². The number of benzene rings is 1. The van der Waals surface area contributed by atoms with E-state index >= 15 is 0 Å². The lowest BCUT2D eigenvalue weighted by Crippen LogP contribution is -2.26. The SMILES string of the molecule is CCCC(C)C(NCC)c1ccc2[nH]c(=O)[nH]c2c1. The van der Waals surface area contributed by atoms with Crippen LogP contribution in [0, 0.1) is 5.92 Å². The van der Waals surface area contributed by atoms with Gasteiger partial charge in [0.1, 0.15) is 0 Å². The Labute approximate surface area is 113 Å². The van der Waals surface area contributed by atoms with Crippen LogP contribution in [0.1, 0.15) is 45.2 Å². The van der Waals surface area contributed by atoms with Crippen LogP contribution >= 0.6 is 0 Å². The molecule has 4 heteroatoms. The molecular weight excluding hydrogens is 238 g/mol. The first-order valence-electron chi connectivity index (χ1n) is 7.11. The highest BCUT2D eigenvalue weighted by molar-refractivity contribution is 5.75. The van der Waals surface area contributed by atoms with Gasteiger partial charge in [-0.15, -0.1) is 0 Å². The molecule has 0 saturated carbocycles. The van der Waals surface area contributed by atoms with Gasteiger partial charge in [0.25, 0.3) is 0 Å². The molecular formula is C15H23N3O. The molecule has 0 bridgehead atoms. The first kappa shape index (κ1) is 13.9. The Kier molecular flexibility index (Phi) is 4.43. The van der Waals surface area contributed by atoms with Gasteiger partial charge in [0.05, 0.1) is 11.0 Å². The summed E-state index contributed by atoms with van der Waals surface area (Å²) in [6.45, 7) is 7.57. The number of nitrogens with one attached hydrogen (secondary N) is 3. The van der Waals surface area contributed by atoms with E-state index in [0.29, 0.717) is 12.0 Å². The number of aromatic amines is 2. The van der Waals surface area contributed by atoms with Crippen molar-refractivity contribution in [1.82, 2.24) is 15.3 Å². The van der Waals surface area contributed by atoms with Crippen molar-refractivity contribution in [3.63, 3.8) is 0 Å². The Morgan fingerprint density at radius 1 is 1.21 bits per heavy atom. The largest absolute Gasteiger partial charge is 0.323 e. The third-order valence-electron chi connectivity index (χ3n) is 3.64. The van der Waals surface area contributed by atoms with E-state index < -0.39 is 0 Å². The predicted molar refractivity (Wildman–Crippen MR) is 79.4 cm³/mol. The van der Waals surface area contributed by atoms with E-state index in [0.717, 1.165) is 17.6 Å². The van der Waals surface area contributed by atoms with Crippen molar-refractivity contribution in [3.05, 3.63) is 34.2 Å². The van der Waals surface area contributed by atoms with Crippen molar-refractivity contribution in [2.45, 2.75) is 39.7 Å². The number of hydrogen-bond donors (Lipinski definition) is 3. The second kappa shape index (κ2) is 6.06. The molecule has 0 saturated heterocycles. The summed E-state index contributed by atoms with van der Waals surface area (Å²) in [7, 11) is 0. The molecule has 4 nitrogen and oxygen atoms in total. The lowest BCUT2D eigenvalue weighted by molar-refractivity contribution is 0.369. The molecule has 0 radical (unpaired) electrons. The van der Waals surface area contributed by atoms with Crippen molar-refractivity contribution < 1.29 is 0 Å². The van der Waals surface area contributed by atoms with Gasteiger partial charge in [0.2, 0.25) is 0 Å². The van der Waals surface area contributed by atoms with Crippen molar-refractivity contribution in [2.24, 2.45) is 5.92 Å². The average Bonchev–Trinajstić information content (AvgIpc) is 2.75. The zero-order chi connectivity index (χ0) is 13.8. The number of rotatable bonds is 6. The Hall–Kier alpha value is -1.55. The van der Waals surface area contributed by atoms with E-state index in [2.05, 4.69) is 48.2 Å². The van der Waals surface area contributed by atoms with E-state index in [1.54, 1.807) is 0 Å². The maximum absolute atomic E-state index is 11.3. The molecule has 104 valence electrons. The number of aromatic nitrogens is 2. The molecule has 19 heavy (non-hydrogen) atoms. The van der Waals surface area contributed by atoms with Gasteiger partial charge >= 0.3 is 5.69 Å². The monoisotopic (exact) mass is 261 g/mol. The Bertz CT molecular complexity index is 584. The van der Waals surface area contributed by atoms with Crippen molar-refractivity contribution >= 4 is 11.0 Å². The van der Waals surface area contributed by atoms with Gasteiger partial charge in [-0.1, -0.05) is 33.3 Å². The molecule has 2 atom stereocenters. The van der Waals surface area contributed by atoms with E-state index in [4.69, 9.17) is 0 Å². The van der Waals surface area contributed by atoms with Gasteiger partial charge in [-0.25, -0.2) is 4.79 Å². The summed E-state index contributed by atoms with van der Waals surface area (Å²) in [6, 6.07) is 6.50. The molecule has 2 rings (SSSR count). The summed E-state index contributed by atoms with van der Waals surface area (Å²) in [5, 5.41) is 3.55. The van der Waals surface area contributed by atoms with Crippen molar-refractivity contribution in [3.8, 4) is 0 Å². The minimum atomic E-state index is -0.145. The van der Waals surface area contributed by atoms with Crippen LogP contribution in [-0.2, 0) is 0 Å². The molecule has 3 N–H and O–H groups in total. The van der Waals surface area contributed by atoms with Crippen molar-refractivity contribution in [2.75, 3.05) is 6.54 Å². The standard InChI is InChI=1S/C15H23N3O/c1-4-6-10(3)14(16-5-2)11-7-8-12-13(9-11)18-15(19)17-12/h7-10,14,16H,4-6H2,1-3H3,(H2,17,18,19). The van der Waals surface area contributed by atoms with Crippen LogP contribution in [0.2, 0.25) is 0 Å². The second-order valence-corrected chi connectivity index (χ2v) is 5.19. The van der Waals surface area contributed by atoms with Gasteiger partial charge in [-0.05, 0) is 36.6 Å². The van der Waals surface area contributed by atoms with Crippen LogP contribution in [0.15, 0.2) is 23.0 Å². The maximum atomic E-state index is 11.3. The van der Waals surface area contributed by atoms with Gasteiger partial charge in [-0.3, -0.25) is 0 Å². The Morgan fingerprint density at radius 3 is 2.63 bits per heavy atom. The van der Waals surface area contributed by atoms with Gasteiger partial charge in [0, 0.05) is 6.04 Å². The lowest BCUT2D eigenvalue weighted by Gasteiger charge is -2.25. The third-order valence-corrected chi connectivity index (χ3v) is 3.64. The third kappa shape index (κ3) is 3.07. The topological polar surface area (TPSA) is 60.7 Å². The zero-order valence-corrected chi connectivity index (χ0v) is 11.9. The smallest absolute Gasteiger partial charge is 0.310 e. The Balaban J connectivity index is 2.34. The number of hydrogen-bond acceptors (Lipinski definition) is 2. The van der Waals surface area contributed by atoms with Crippen LogP contribution in [-0.4, -0.2) is 16.5 Å². The number of H-pyrrole nitrogens is 2. The summed E-state index contributed by atoms with van der Waals surface area (Å²) in [5.74, 6) is 0.577. The summed E-state index contributed by atoms with van der Waals surface area (Å²) in [5.41, 5.74) is 2.85. The lowest BCUT2D eigenvalue weighted by atomic mass is 9.91. The van der Waals surface area contributed by atoms with Crippen LogP contribution in [0.25, 0.3) is 11.0 Å². The molecule has 2 unspecified atom stereocenters. The molecule has 0 amide bonds. The van der Waals surface area contributed by atoms with E-state index in [-0.39, 0.29) is 5.69 Å². The van der Waals surface area contributed by atoms with E-state index in [1.165, 1.54) is 18.4 Å². The second-order valence-electron chi connectivity index (χ2n) is 5.19. The highest BCUT2D eigenvalue weighted by atomic mass is 16.1. The summed E-state index contributed by atoms with van der Waals surface area (Å²) in [4.78, 5) is 16.9. The first-order chi connectivity index (χ1) is 9.15. The number of imidazole rings is 1. The molecule has 2 aromatic rings. The minimum Gasteiger partial charge on any atom is -0.310 e. The fourth-order valence-corrected chi connectivity index (χ4v) is 2.73.